The van der Waals surface area contributed by atoms with Crippen molar-refractivity contribution in [2.24, 2.45) is 0 Å². The van der Waals surface area contributed by atoms with Crippen LogP contribution >= 0.6 is 0 Å². The van der Waals surface area contributed by atoms with E-state index in [1.165, 1.54) is 18.2 Å². The number of sulfonamides is 1. The molecule has 8 nitrogen and oxygen atoms in total. The van der Waals surface area contributed by atoms with Crippen molar-refractivity contribution in [2.45, 2.75) is 31.2 Å². The number of H-pyrrole nitrogens is 1. The summed E-state index contributed by atoms with van der Waals surface area (Å²) in [6, 6.07) is 11.2. The number of nitrogens with zero attached hydrogens (tertiary/aromatic N) is 1. The van der Waals surface area contributed by atoms with Gasteiger partial charge in [0.1, 0.15) is 6.07 Å². The number of carbonyl (C=O) groups is 1. The van der Waals surface area contributed by atoms with Crippen LogP contribution in [0.25, 0.3) is 10.9 Å². The van der Waals surface area contributed by atoms with Gasteiger partial charge in [0.25, 0.3) is 15.9 Å². The van der Waals surface area contributed by atoms with Crippen molar-refractivity contribution >= 4 is 32.5 Å². The SMILES string of the molecule is CC[C@@H](COC)NC(=O)c1cccc(S(=O)(=O)Nc2ccc(C)c3c(C#N)c[nH]c23)c1. The van der Waals surface area contributed by atoms with Gasteiger partial charge < -0.3 is 15.0 Å². The molecule has 1 heterocycles. The Morgan fingerprint density at radius 2 is 2.06 bits per heavy atom. The second-order valence-corrected chi connectivity index (χ2v) is 8.84. The highest BCUT2D eigenvalue weighted by Gasteiger charge is 2.20. The van der Waals surface area contributed by atoms with Gasteiger partial charge >= 0.3 is 0 Å². The summed E-state index contributed by atoms with van der Waals surface area (Å²) in [6.45, 7) is 4.14. The Morgan fingerprint density at radius 1 is 1.29 bits per heavy atom. The number of nitrogens with one attached hydrogen (secondary N) is 3. The Balaban J connectivity index is 1.90. The van der Waals surface area contributed by atoms with E-state index in [4.69, 9.17) is 4.74 Å². The number of amides is 1. The molecule has 162 valence electrons. The summed E-state index contributed by atoms with van der Waals surface area (Å²) >= 11 is 0. The monoisotopic (exact) mass is 440 g/mol. The van der Waals surface area contributed by atoms with Gasteiger partial charge in [-0.1, -0.05) is 19.1 Å². The minimum Gasteiger partial charge on any atom is -0.383 e. The third-order valence-corrected chi connectivity index (χ3v) is 6.37. The molecule has 0 radical (unpaired) electrons. The van der Waals surface area contributed by atoms with Gasteiger partial charge in [-0.3, -0.25) is 9.52 Å². The molecule has 0 fully saturated rings. The van der Waals surface area contributed by atoms with Crippen LogP contribution in [-0.4, -0.2) is 39.1 Å². The lowest BCUT2D eigenvalue weighted by Gasteiger charge is -2.16. The van der Waals surface area contributed by atoms with E-state index < -0.39 is 10.0 Å². The lowest BCUT2D eigenvalue weighted by atomic mass is 10.1. The molecule has 31 heavy (non-hydrogen) atoms. The van der Waals surface area contributed by atoms with Gasteiger partial charge in [-0.05, 0) is 43.2 Å². The number of rotatable bonds is 8. The number of aromatic nitrogens is 1. The van der Waals surface area contributed by atoms with Crippen molar-refractivity contribution in [2.75, 3.05) is 18.4 Å². The standard InChI is InChI=1S/C22H24N4O4S/c1-4-17(13-30-3)25-22(27)15-6-5-7-18(10-15)31(28,29)26-19-9-8-14(2)20-16(11-23)12-24-21(19)20/h5-10,12,17,24,26H,4,13H2,1-3H3,(H,25,27)/t17-/m0/s1. The largest absolute Gasteiger partial charge is 0.383 e. The molecule has 1 atom stereocenters. The fraction of sp³-hybridized carbons (Fsp3) is 0.273. The van der Waals surface area contributed by atoms with E-state index >= 15 is 0 Å². The van der Waals surface area contributed by atoms with Crippen molar-refractivity contribution in [3.63, 3.8) is 0 Å². The predicted octanol–water partition coefficient (Wildman–Crippen LogP) is 3.30. The lowest BCUT2D eigenvalue weighted by molar-refractivity contribution is 0.0894. The highest BCUT2D eigenvalue weighted by Crippen LogP contribution is 2.30. The zero-order chi connectivity index (χ0) is 22.6. The van der Waals surface area contributed by atoms with Crippen molar-refractivity contribution < 1.29 is 17.9 Å². The van der Waals surface area contributed by atoms with Gasteiger partial charge in [0.2, 0.25) is 0 Å². The fourth-order valence-electron chi connectivity index (χ4n) is 3.33. The van der Waals surface area contributed by atoms with E-state index in [1.54, 1.807) is 31.5 Å². The number of hydrogen-bond donors (Lipinski definition) is 3. The Morgan fingerprint density at radius 3 is 2.74 bits per heavy atom. The molecule has 0 saturated heterocycles. The first-order valence-corrected chi connectivity index (χ1v) is 11.2. The Bertz CT molecular complexity index is 1260. The number of hydrogen-bond acceptors (Lipinski definition) is 5. The van der Waals surface area contributed by atoms with E-state index in [2.05, 4.69) is 21.1 Å². The fourth-order valence-corrected chi connectivity index (χ4v) is 4.45. The van der Waals surface area contributed by atoms with Crippen LogP contribution in [0, 0.1) is 18.3 Å². The average Bonchev–Trinajstić information content (AvgIpc) is 3.21. The Kier molecular flexibility index (Phi) is 6.63. The molecule has 9 heteroatoms. The highest BCUT2D eigenvalue weighted by atomic mass is 32.2. The summed E-state index contributed by atoms with van der Waals surface area (Å²) in [7, 11) is -2.42. The third kappa shape index (κ3) is 4.71. The topological polar surface area (TPSA) is 124 Å². The molecule has 3 aromatic rings. The van der Waals surface area contributed by atoms with Crippen LogP contribution < -0.4 is 10.0 Å². The van der Waals surface area contributed by atoms with Gasteiger partial charge in [-0.15, -0.1) is 0 Å². The first-order chi connectivity index (χ1) is 14.8. The van der Waals surface area contributed by atoms with Gasteiger partial charge in [0.15, 0.2) is 0 Å². The number of carbonyl (C=O) groups excluding carboxylic acids is 1. The average molecular weight is 441 g/mol. The van der Waals surface area contributed by atoms with Crippen molar-refractivity contribution in [3.8, 4) is 6.07 Å². The van der Waals surface area contributed by atoms with Crippen LogP contribution in [0.5, 0.6) is 0 Å². The molecule has 0 unspecified atom stereocenters. The maximum absolute atomic E-state index is 13.0. The molecule has 3 rings (SSSR count). The number of aromatic amines is 1. The van der Waals surface area contributed by atoms with Crippen molar-refractivity contribution in [1.82, 2.24) is 10.3 Å². The lowest BCUT2D eigenvalue weighted by Crippen LogP contribution is -2.37. The molecule has 3 N–H and O–H groups in total. The second-order valence-electron chi connectivity index (χ2n) is 7.16. The molecular formula is C22H24N4O4S. The molecule has 0 saturated carbocycles. The zero-order valence-corrected chi connectivity index (χ0v) is 18.3. The van der Waals surface area contributed by atoms with Crippen LogP contribution in [0.2, 0.25) is 0 Å². The number of ether oxygens (including phenoxy) is 1. The summed E-state index contributed by atoms with van der Waals surface area (Å²) in [5, 5.41) is 12.8. The van der Waals surface area contributed by atoms with Crippen LogP contribution in [0.4, 0.5) is 5.69 Å². The first kappa shape index (κ1) is 22.3. The predicted molar refractivity (Wildman–Crippen MR) is 118 cm³/mol. The normalized spacial score (nSPS) is 12.3. The molecular weight excluding hydrogens is 416 g/mol. The smallest absolute Gasteiger partial charge is 0.261 e. The minimum atomic E-state index is -3.97. The molecule has 0 aliphatic heterocycles. The molecule has 1 amide bonds. The summed E-state index contributed by atoms with van der Waals surface area (Å²) in [4.78, 5) is 15.5. The third-order valence-electron chi connectivity index (χ3n) is 5.01. The number of nitriles is 1. The van der Waals surface area contributed by atoms with E-state index in [-0.39, 0.29) is 22.4 Å². The maximum Gasteiger partial charge on any atom is 0.261 e. The first-order valence-electron chi connectivity index (χ1n) is 9.74. The Labute approximate surface area is 181 Å². The molecule has 2 aromatic carbocycles. The molecule has 0 aliphatic rings. The quantitative estimate of drug-likeness (QED) is 0.496. The van der Waals surface area contributed by atoms with E-state index in [0.717, 1.165) is 5.56 Å². The van der Waals surface area contributed by atoms with Gasteiger partial charge in [0.05, 0.1) is 34.3 Å². The second kappa shape index (κ2) is 9.20. The van der Waals surface area contributed by atoms with E-state index in [1.807, 2.05) is 13.8 Å². The molecule has 0 aliphatic carbocycles. The highest BCUT2D eigenvalue weighted by molar-refractivity contribution is 7.92. The summed E-state index contributed by atoms with van der Waals surface area (Å²) in [5.74, 6) is -0.373. The van der Waals surface area contributed by atoms with Crippen LogP contribution in [0.3, 0.4) is 0 Å². The molecule has 0 bridgehead atoms. The summed E-state index contributed by atoms with van der Waals surface area (Å²) in [5.41, 5.74) is 2.38. The van der Waals surface area contributed by atoms with Crippen molar-refractivity contribution in [3.05, 3.63) is 59.3 Å². The number of anilines is 1. The maximum atomic E-state index is 13.0. The number of fused-ring (bicyclic) bond motifs is 1. The number of methoxy groups -OCH3 is 1. The van der Waals surface area contributed by atoms with Crippen LogP contribution in [-0.2, 0) is 14.8 Å². The van der Waals surface area contributed by atoms with Crippen molar-refractivity contribution in [1.29, 1.82) is 5.26 Å². The summed E-state index contributed by atoms with van der Waals surface area (Å²) < 4.78 is 33.7. The zero-order valence-electron chi connectivity index (χ0n) is 17.5. The molecule has 1 aromatic heterocycles. The Hall–Kier alpha value is -3.35. The van der Waals surface area contributed by atoms with E-state index in [9.17, 15) is 18.5 Å². The number of aryl methyl sites for hydroxylation is 1. The molecule has 0 spiro atoms. The number of benzene rings is 2. The van der Waals surface area contributed by atoms with Gasteiger partial charge in [0, 0.05) is 24.3 Å². The van der Waals surface area contributed by atoms with Gasteiger partial charge in [-0.25, -0.2) is 8.42 Å². The van der Waals surface area contributed by atoms with Crippen LogP contribution in [0.1, 0.15) is 34.8 Å². The van der Waals surface area contributed by atoms with Crippen LogP contribution in [0.15, 0.2) is 47.5 Å². The summed E-state index contributed by atoms with van der Waals surface area (Å²) in [6.07, 6.45) is 2.23. The van der Waals surface area contributed by atoms with E-state index in [0.29, 0.717) is 35.2 Å². The van der Waals surface area contributed by atoms with Gasteiger partial charge in [-0.2, -0.15) is 5.26 Å². The minimum absolute atomic E-state index is 0.0410.